The van der Waals surface area contributed by atoms with Gasteiger partial charge in [0.2, 0.25) is 0 Å². The van der Waals surface area contributed by atoms with Gasteiger partial charge in [0.15, 0.2) is 5.78 Å². The number of halogens is 1. The third-order valence-corrected chi connectivity index (χ3v) is 2.19. The monoisotopic (exact) mass is 223 g/mol. The van der Waals surface area contributed by atoms with E-state index in [0.29, 0.717) is 12.4 Å². The van der Waals surface area contributed by atoms with Gasteiger partial charge in [0.1, 0.15) is 11.8 Å². The lowest BCUT2D eigenvalue weighted by molar-refractivity contribution is 0.101. The number of rotatable bonds is 3. The maximum Gasteiger partial charge on any atom is 0.164 e. The maximum absolute atomic E-state index is 11.4. The summed E-state index contributed by atoms with van der Waals surface area (Å²) in [6.45, 7) is 3.63. The number of benzene rings is 1. The molecule has 0 saturated carbocycles. The molecule has 0 aliphatic carbocycles. The summed E-state index contributed by atoms with van der Waals surface area (Å²) in [5.74, 6) is 0.184. The van der Waals surface area contributed by atoms with E-state index in [1.807, 2.05) is 13.0 Å². The largest absolute Gasteiger partial charge is 0.493 e. The Bertz CT molecular complexity index is 435. The van der Waals surface area contributed by atoms with Gasteiger partial charge < -0.3 is 4.74 Å². The molecule has 0 saturated heterocycles. The van der Waals surface area contributed by atoms with Crippen molar-refractivity contribution >= 4 is 17.4 Å². The summed E-state index contributed by atoms with van der Waals surface area (Å²) in [6.07, 6.45) is 0. The molecule has 0 heterocycles. The fourth-order valence-electron chi connectivity index (χ4n) is 1.29. The molecule has 0 aliphatic rings. The van der Waals surface area contributed by atoms with Gasteiger partial charge in [0.25, 0.3) is 0 Å². The fourth-order valence-corrected chi connectivity index (χ4v) is 1.49. The average Bonchev–Trinajstić information content (AvgIpc) is 2.20. The molecule has 0 aromatic heterocycles. The van der Waals surface area contributed by atoms with E-state index in [1.54, 1.807) is 12.1 Å². The SMILES string of the molecule is CCOc1ccc(Cl)c(C#N)c1C(C)=O. The van der Waals surface area contributed by atoms with Crippen LogP contribution in [0.3, 0.4) is 0 Å². The zero-order chi connectivity index (χ0) is 11.4. The predicted molar refractivity (Wildman–Crippen MR) is 57.3 cm³/mol. The minimum absolute atomic E-state index is 0.176. The number of nitriles is 1. The molecule has 4 heteroatoms. The Morgan fingerprint density at radius 2 is 2.27 bits per heavy atom. The third-order valence-electron chi connectivity index (χ3n) is 1.88. The van der Waals surface area contributed by atoms with Gasteiger partial charge in [-0.3, -0.25) is 4.79 Å². The predicted octanol–water partition coefficient (Wildman–Crippen LogP) is 2.81. The van der Waals surface area contributed by atoms with E-state index in [4.69, 9.17) is 21.6 Å². The summed E-state index contributed by atoms with van der Waals surface area (Å²) in [4.78, 5) is 11.4. The van der Waals surface area contributed by atoms with Crippen LogP contribution in [-0.2, 0) is 0 Å². The molecule has 0 spiro atoms. The van der Waals surface area contributed by atoms with Crippen LogP contribution in [0.15, 0.2) is 12.1 Å². The van der Waals surface area contributed by atoms with Gasteiger partial charge >= 0.3 is 0 Å². The minimum Gasteiger partial charge on any atom is -0.493 e. The number of hydrogen-bond acceptors (Lipinski definition) is 3. The average molecular weight is 224 g/mol. The van der Waals surface area contributed by atoms with E-state index in [9.17, 15) is 4.79 Å². The Morgan fingerprint density at radius 3 is 2.73 bits per heavy atom. The first-order chi connectivity index (χ1) is 7.11. The number of ether oxygens (including phenoxy) is 1. The van der Waals surface area contributed by atoms with Crippen molar-refractivity contribution in [2.45, 2.75) is 13.8 Å². The van der Waals surface area contributed by atoms with Crippen molar-refractivity contribution in [2.75, 3.05) is 6.61 Å². The molecule has 0 unspecified atom stereocenters. The van der Waals surface area contributed by atoms with Gasteiger partial charge in [-0.15, -0.1) is 0 Å². The molecule has 0 aliphatic heterocycles. The molecule has 1 aromatic carbocycles. The summed E-state index contributed by atoms with van der Waals surface area (Å²) in [7, 11) is 0. The van der Waals surface area contributed by atoms with Crippen molar-refractivity contribution in [1.82, 2.24) is 0 Å². The summed E-state index contributed by atoms with van der Waals surface area (Å²) in [5.41, 5.74) is 0.432. The van der Waals surface area contributed by atoms with Gasteiger partial charge in [-0.2, -0.15) is 5.26 Å². The molecule has 0 bridgehead atoms. The van der Waals surface area contributed by atoms with Crippen molar-refractivity contribution in [2.24, 2.45) is 0 Å². The summed E-state index contributed by atoms with van der Waals surface area (Å²) in [5, 5.41) is 9.17. The van der Waals surface area contributed by atoms with Crippen LogP contribution in [0.2, 0.25) is 5.02 Å². The Hall–Kier alpha value is -1.53. The highest BCUT2D eigenvalue weighted by molar-refractivity contribution is 6.32. The number of hydrogen-bond donors (Lipinski definition) is 0. The highest BCUT2D eigenvalue weighted by Gasteiger charge is 2.16. The highest BCUT2D eigenvalue weighted by Crippen LogP contribution is 2.28. The van der Waals surface area contributed by atoms with Crippen LogP contribution in [0.25, 0.3) is 0 Å². The molecule has 0 amide bonds. The minimum atomic E-state index is -0.225. The van der Waals surface area contributed by atoms with Crippen molar-refractivity contribution in [3.63, 3.8) is 0 Å². The quantitative estimate of drug-likeness (QED) is 0.741. The van der Waals surface area contributed by atoms with E-state index in [1.165, 1.54) is 6.92 Å². The Morgan fingerprint density at radius 1 is 1.60 bits per heavy atom. The smallest absolute Gasteiger partial charge is 0.164 e. The molecule has 0 radical (unpaired) electrons. The van der Waals surface area contributed by atoms with E-state index >= 15 is 0 Å². The molecule has 3 nitrogen and oxygen atoms in total. The van der Waals surface area contributed by atoms with Crippen molar-refractivity contribution in [3.8, 4) is 11.8 Å². The van der Waals surface area contributed by atoms with Gasteiger partial charge in [0, 0.05) is 0 Å². The lowest BCUT2D eigenvalue weighted by atomic mass is 10.0. The molecule has 78 valence electrons. The standard InChI is InChI=1S/C11H10ClNO2/c1-3-15-10-5-4-9(12)8(6-13)11(10)7(2)14/h4-5H,3H2,1-2H3. The Kier molecular flexibility index (Phi) is 3.70. The summed E-state index contributed by atoms with van der Waals surface area (Å²) in [6, 6.07) is 5.06. The van der Waals surface area contributed by atoms with E-state index in [2.05, 4.69) is 0 Å². The summed E-state index contributed by atoms with van der Waals surface area (Å²) < 4.78 is 5.27. The Balaban J connectivity index is 3.44. The first kappa shape index (κ1) is 11.5. The maximum atomic E-state index is 11.4. The lowest BCUT2D eigenvalue weighted by Crippen LogP contribution is -2.03. The molecule has 0 fully saturated rings. The lowest BCUT2D eigenvalue weighted by Gasteiger charge is -2.09. The number of carbonyl (C=O) groups is 1. The van der Waals surface area contributed by atoms with Crippen LogP contribution in [0.5, 0.6) is 5.75 Å². The molecule has 0 N–H and O–H groups in total. The van der Waals surface area contributed by atoms with Crippen molar-refractivity contribution in [1.29, 1.82) is 5.26 Å². The van der Waals surface area contributed by atoms with Crippen LogP contribution in [0, 0.1) is 11.3 Å². The second-order valence-electron chi connectivity index (χ2n) is 2.90. The van der Waals surface area contributed by atoms with E-state index in [0.717, 1.165) is 0 Å². The first-order valence-corrected chi connectivity index (χ1v) is 4.86. The molecular formula is C11H10ClNO2. The van der Waals surface area contributed by atoms with Gasteiger partial charge in [-0.05, 0) is 26.0 Å². The number of Topliss-reactive ketones (excluding diaryl/α,β-unsaturated/α-hetero) is 1. The van der Waals surface area contributed by atoms with Crippen LogP contribution in [-0.4, -0.2) is 12.4 Å². The molecule has 0 atom stereocenters. The zero-order valence-corrected chi connectivity index (χ0v) is 9.26. The van der Waals surface area contributed by atoms with Crippen LogP contribution in [0.1, 0.15) is 29.8 Å². The Labute approximate surface area is 93.2 Å². The van der Waals surface area contributed by atoms with E-state index < -0.39 is 0 Å². The second kappa shape index (κ2) is 4.81. The van der Waals surface area contributed by atoms with Crippen LogP contribution < -0.4 is 4.74 Å². The number of carbonyl (C=O) groups excluding carboxylic acids is 1. The topological polar surface area (TPSA) is 50.1 Å². The first-order valence-electron chi connectivity index (χ1n) is 4.48. The molecule has 1 rings (SSSR count). The molecular weight excluding hydrogens is 214 g/mol. The highest BCUT2D eigenvalue weighted by atomic mass is 35.5. The summed E-state index contributed by atoms with van der Waals surface area (Å²) >= 11 is 5.82. The fraction of sp³-hybridized carbons (Fsp3) is 0.273. The zero-order valence-electron chi connectivity index (χ0n) is 8.50. The molecule has 15 heavy (non-hydrogen) atoms. The van der Waals surface area contributed by atoms with Crippen molar-refractivity contribution in [3.05, 3.63) is 28.3 Å². The van der Waals surface area contributed by atoms with Crippen LogP contribution in [0.4, 0.5) is 0 Å². The van der Waals surface area contributed by atoms with Gasteiger partial charge in [0.05, 0.1) is 22.8 Å². The molecule has 1 aromatic rings. The van der Waals surface area contributed by atoms with Gasteiger partial charge in [-0.25, -0.2) is 0 Å². The number of nitrogens with zero attached hydrogens (tertiary/aromatic N) is 1. The number of ketones is 1. The van der Waals surface area contributed by atoms with Crippen LogP contribution >= 0.6 is 11.6 Å². The van der Waals surface area contributed by atoms with E-state index in [-0.39, 0.29) is 21.9 Å². The van der Waals surface area contributed by atoms with Gasteiger partial charge in [-0.1, -0.05) is 11.6 Å². The normalized spacial score (nSPS) is 9.47. The second-order valence-corrected chi connectivity index (χ2v) is 3.30. The third kappa shape index (κ3) is 2.28. The van der Waals surface area contributed by atoms with Crippen molar-refractivity contribution < 1.29 is 9.53 Å².